The Morgan fingerprint density at radius 3 is 2.89 bits per heavy atom. The van der Waals surface area contributed by atoms with Crippen LogP contribution in [-0.4, -0.2) is 25.8 Å². The van der Waals surface area contributed by atoms with Crippen LogP contribution in [0.2, 0.25) is 0 Å². The van der Waals surface area contributed by atoms with Crippen LogP contribution < -0.4 is 20.1 Å². The molecule has 2 rings (SSSR count). The Morgan fingerprint density at radius 2 is 2.11 bits per heavy atom. The second-order valence-corrected chi connectivity index (χ2v) is 4.27. The molecule has 0 fully saturated rings. The van der Waals surface area contributed by atoms with E-state index < -0.39 is 0 Å². The first-order valence-corrected chi connectivity index (χ1v) is 6.04. The molecule has 5 nitrogen and oxygen atoms in total. The summed E-state index contributed by atoms with van der Waals surface area (Å²) >= 11 is 0. The molecule has 1 aliphatic rings. The van der Waals surface area contributed by atoms with Gasteiger partial charge in [0.05, 0.1) is 0 Å². The molecule has 0 aromatic heterocycles. The van der Waals surface area contributed by atoms with Gasteiger partial charge in [0.25, 0.3) is 0 Å². The Balaban J connectivity index is 1.85. The monoisotopic (exact) mass is 250 g/mol. The van der Waals surface area contributed by atoms with Crippen LogP contribution >= 0.6 is 0 Å². The van der Waals surface area contributed by atoms with Crippen LogP contribution in [0, 0.1) is 0 Å². The highest BCUT2D eigenvalue weighted by molar-refractivity contribution is 5.72. The Bertz CT molecular complexity index is 434. The average Bonchev–Trinajstić information content (AvgIpc) is 2.81. The second-order valence-electron chi connectivity index (χ2n) is 4.27. The molecule has 0 bridgehead atoms. The molecule has 0 aliphatic carbocycles. The van der Waals surface area contributed by atoms with E-state index in [4.69, 9.17) is 9.47 Å². The first kappa shape index (κ1) is 12.7. The van der Waals surface area contributed by atoms with Gasteiger partial charge < -0.3 is 20.1 Å². The van der Waals surface area contributed by atoms with E-state index in [2.05, 4.69) is 17.6 Å². The number of rotatable bonds is 5. The van der Waals surface area contributed by atoms with E-state index >= 15 is 0 Å². The highest BCUT2D eigenvalue weighted by Gasteiger charge is 2.15. The molecule has 1 aromatic carbocycles. The smallest absolute Gasteiger partial charge is 0.231 e. The van der Waals surface area contributed by atoms with Crippen molar-refractivity contribution in [3.05, 3.63) is 23.8 Å². The van der Waals surface area contributed by atoms with E-state index in [9.17, 15) is 4.79 Å². The third-order valence-electron chi connectivity index (χ3n) is 2.85. The molecule has 0 radical (unpaired) electrons. The summed E-state index contributed by atoms with van der Waals surface area (Å²) in [5, 5.41) is 6.08. The molecule has 1 unspecified atom stereocenters. The van der Waals surface area contributed by atoms with Crippen molar-refractivity contribution in [1.82, 2.24) is 10.6 Å². The zero-order chi connectivity index (χ0) is 13.0. The number of carbonyl (C=O) groups excluding carboxylic acids is 1. The molecule has 5 heteroatoms. The summed E-state index contributed by atoms with van der Waals surface area (Å²) in [5.41, 5.74) is 1.14. The highest BCUT2D eigenvalue weighted by atomic mass is 16.7. The van der Waals surface area contributed by atoms with Gasteiger partial charge >= 0.3 is 0 Å². The van der Waals surface area contributed by atoms with Crippen LogP contribution in [0.25, 0.3) is 0 Å². The molecule has 1 heterocycles. The van der Waals surface area contributed by atoms with E-state index in [1.54, 1.807) is 0 Å². The standard InChI is InChI=1S/C13H18N2O3/c1-9(14-5-6-15-10(2)16)11-3-4-12-13(7-11)18-8-17-12/h3-4,7,9,14H,5-6,8H2,1-2H3,(H,15,16). The summed E-state index contributed by atoms with van der Waals surface area (Å²) in [6.07, 6.45) is 0. The molecule has 0 spiro atoms. The van der Waals surface area contributed by atoms with Crippen LogP contribution in [-0.2, 0) is 4.79 Å². The minimum Gasteiger partial charge on any atom is -0.454 e. The van der Waals surface area contributed by atoms with Gasteiger partial charge in [-0.25, -0.2) is 0 Å². The number of fused-ring (bicyclic) bond motifs is 1. The Kier molecular flexibility index (Phi) is 4.04. The van der Waals surface area contributed by atoms with E-state index in [0.717, 1.165) is 23.6 Å². The minimum atomic E-state index is -0.00691. The lowest BCUT2D eigenvalue weighted by molar-refractivity contribution is -0.118. The molecule has 1 aliphatic heterocycles. The predicted octanol–water partition coefficient (Wildman–Crippen LogP) is 1.20. The average molecular weight is 250 g/mol. The summed E-state index contributed by atoms with van der Waals surface area (Å²) in [6.45, 7) is 5.25. The van der Waals surface area contributed by atoms with E-state index in [0.29, 0.717) is 13.3 Å². The molecule has 98 valence electrons. The Hall–Kier alpha value is -1.75. The molecule has 0 saturated carbocycles. The molecule has 1 amide bonds. The fourth-order valence-corrected chi connectivity index (χ4v) is 1.83. The quantitative estimate of drug-likeness (QED) is 0.771. The maximum atomic E-state index is 10.7. The number of nitrogens with one attached hydrogen (secondary N) is 2. The van der Waals surface area contributed by atoms with Crippen LogP contribution in [0.3, 0.4) is 0 Å². The zero-order valence-corrected chi connectivity index (χ0v) is 10.7. The fraction of sp³-hybridized carbons (Fsp3) is 0.462. The van der Waals surface area contributed by atoms with Crippen LogP contribution in [0.15, 0.2) is 18.2 Å². The number of benzene rings is 1. The maximum Gasteiger partial charge on any atom is 0.231 e. The van der Waals surface area contributed by atoms with Crippen molar-refractivity contribution in [1.29, 1.82) is 0 Å². The lowest BCUT2D eigenvalue weighted by atomic mass is 10.1. The van der Waals surface area contributed by atoms with Gasteiger partial charge in [0, 0.05) is 26.1 Å². The second kappa shape index (κ2) is 5.73. The molecule has 2 N–H and O–H groups in total. The summed E-state index contributed by atoms with van der Waals surface area (Å²) in [4.78, 5) is 10.7. The molecule has 0 saturated heterocycles. The first-order chi connectivity index (χ1) is 8.66. The lowest BCUT2D eigenvalue weighted by Gasteiger charge is -2.14. The maximum absolute atomic E-state index is 10.7. The molecular formula is C13H18N2O3. The van der Waals surface area contributed by atoms with Crippen molar-refractivity contribution in [2.45, 2.75) is 19.9 Å². The van der Waals surface area contributed by atoms with Gasteiger partial charge in [-0.2, -0.15) is 0 Å². The summed E-state index contributed by atoms with van der Waals surface area (Å²) in [7, 11) is 0. The molecule has 1 aromatic rings. The van der Waals surface area contributed by atoms with Crippen molar-refractivity contribution in [2.24, 2.45) is 0 Å². The van der Waals surface area contributed by atoms with Crippen molar-refractivity contribution in [3.63, 3.8) is 0 Å². The normalized spacial score (nSPS) is 14.3. The van der Waals surface area contributed by atoms with Gasteiger partial charge in [-0.05, 0) is 24.6 Å². The molecule has 18 heavy (non-hydrogen) atoms. The van der Waals surface area contributed by atoms with Crippen molar-refractivity contribution in [2.75, 3.05) is 19.9 Å². The third-order valence-corrected chi connectivity index (χ3v) is 2.85. The van der Waals surface area contributed by atoms with Crippen molar-refractivity contribution in [3.8, 4) is 11.5 Å². The highest BCUT2D eigenvalue weighted by Crippen LogP contribution is 2.33. The van der Waals surface area contributed by atoms with Crippen LogP contribution in [0.4, 0.5) is 0 Å². The predicted molar refractivity (Wildman–Crippen MR) is 67.7 cm³/mol. The number of hydrogen-bond acceptors (Lipinski definition) is 4. The van der Waals surface area contributed by atoms with Crippen molar-refractivity contribution >= 4 is 5.91 Å². The largest absolute Gasteiger partial charge is 0.454 e. The SMILES string of the molecule is CC(=O)NCCNC(C)c1ccc2c(c1)OCO2. The lowest BCUT2D eigenvalue weighted by Crippen LogP contribution is -2.31. The molecular weight excluding hydrogens is 232 g/mol. The first-order valence-electron chi connectivity index (χ1n) is 6.04. The number of ether oxygens (including phenoxy) is 2. The minimum absolute atomic E-state index is 0.00691. The van der Waals surface area contributed by atoms with E-state index in [1.807, 2.05) is 18.2 Å². The van der Waals surface area contributed by atoms with Gasteiger partial charge in [-0.3, -0.25) is 4.79 Å². The van der Waals surface area contributed by atoms with Gasteiger partial charge in [-0.15, -0.1) is 0 Å². The van der Waals surface area contributed by atoms with Gasteiger partial charge in [0.15, 0.2) is 11.5 Å². The fourth-order valence-electron chi connectivity index (χ4n) is 1.83. The summed E-state index contributed by atoms with van der Waals surface area (Å²) in [6, 6.07) is 6.12. The van der Waals surface area contributed by atoms with Crippen LogP contribution in [0.1, 0.15) is 25.5 Å². The zero-order valence-electron chi connectivity index (χ0n) is 10.7. The molecule has 1 atom stereocenters. The number of amides is 1. The number of hydrogen-bond donors (Lipinski definition) is 2. The van der Waals surface area contributed by atoms with Crippen molar-refractivity contribution < 1.29 is 14.3 Å². The number of carbonyl (C=O) groups is 1. The Labute approximate surface area is 106 Å². The summed E-state index contributed by atoms with van der Waals surface area (Å²) < 4.78 is 10.6. The topological polar surface area (TPSA) is 59.6 Å². The van der Waals surface area contributed by atoms with Gasteiger partial charge in [0.1, 0.15) is 0 Å². The van der Waals surface area contributed by atoms with E-state index in [1.165, 1.54) is 6.92 Å². The van der Waals surface area contributed by atoms with E-state index in [-0.39, 0.29) is 11.9 Å². The summed E-state index contributed by atoms with van der Waals surface area (Å²) in [5.74, 6) is 1.58. The van der Waals surface area contributed by atoms with Crippen LogP contribution in [0.5, 0.6) is 11.5 Å². The Morgan fingerprint density at radius 1 is 1.33 bits per heavy atom. The van der Waals surface area contributed by atoms with Gasteiger partial charge in [0.2, 0.25) is 12.7 Å². The van der Waals surface area contributed by atoms with Gasteiger partial charge in [-0.1, -0.05) is 6.07 Å². The third kappa shape index (κ3) is 3.13.